The number of benzene rings is 1. The molecule has 1 aromatic rings. The van der Waals surface area contributed by atoms with Gasteiger partial charge < -0.3 is 38.9 Å². The second kappa shape index (κ2) is 6.63. The van der Waals surface area contributed by atoms with Crippen molar-refractivity contribution in [3.05, 3.63) is 29.5 Å². The van der Waals surface area contributed by atoms with E-state index < -0.39 is 48.2 Å². The van der Waals surface area contributed by atoms with Crippen LogP contribution >= 0.6 is 0 Å². The monoisotopic (exact) mass is 396 g/mol. The van der Waals surface area contributed by atoms with Gasteiger partial charge in [-0.25, -0.2) is 4.79 Å². The number of carbonyl (C=O) groups is 1. The van der Waals surface area contributed by atoms with Crippen LogP contribution in [0.5, 0.6) is 5.75 Å². The molecule has 3 heterocycles. The van der Waals surface area contributed by atoms with Crippen LogP contribution in [0.15, 0.2) is 24.3 Å². The number of nitrogens with zero attached hydrogens (tertiary/aromatic N) is 1. The van der Waals surface area contributed by atoms with Crippen LogP contribution in [0.1, 0.15) is 27.7 Å². The van der Waals surface area contributed by atoms with E-state index >= 15 is 0 Å². The summed E-state index contributed by atoms with van der Waals surface area (Å²) in [6.07, 6.45) is -3.76. The zero-order valence-electron chi connectivity index (χ0n) is 15.9. The second-order valence-electron chi connectivity index (χ2n) is 7.78. The Morgan fingerprint density at radius 2 is 1.57 bits per heavy atom. The van der Waals surface area contributed by atoms with Crippen molar-refractivity contribution in [3.8, 4) is 5.75 Å². The summed E-state index contributed by atoms with van der Waals surface area (Å²) in [5, 5.41) is 19.4. The molecule has 3 saturated heterocycles. The van der Waals surface area contributed by atoms with Crippen molar-refractivity contribution < 1.29 is 38.4 Å². The van der Waals surface area contributed by atoms with Crippen molar-refractivity contribution >= 4 is 11.7 Å². The summed E-state index contributed by atoms with van der Waals surface area (Å²) in [5.74, 6) is -2.33. The third-order valence-electron chi connectivity index (χ3n) is 4.66. The molecule has 4 rings (SSSR count). The topological polar surface area (TPSA) is 119 Å². The molecule has 10 heteroatoms. The molecule has 0 aliphatic carbocycles. The van der Waals surface area contributed by atoms with Crippen LogP contribution in [0.2, 0.25) is 0 Å². The molecule has 28 heavy (non-hydrogen) atoms. The maximum Gasteiger partial charge on any atom is 0.343 e. The Bertz CT molecular complexity index is 748. The molecular formula is C18H22NO9-. The third-order valence-corrected chi connectivity index (χ3v) is 4.66. The van der Waals surface area contributed by atoms with Crippen molar-refractivity contribution in [2.45, 2.75) is 70.0 Å². The summed E-state index contributed by atoms with van der Waals surface area (Å²) in [6.45, 7) is 6.98. The van der Waals surface area contributed by atoms with Gasteiger partial charge in [0, 0.05) is 0 Å². The van der Waals surface area contributed by atoms with Gasteiger partial charge in [0.15, 0.2) is 24.0 Å². The standard InChI is InChI=1S/C18H22NO9/c1-17(2)25-11-12(26-17)14-16(28-18(3,4)27-14)24-13(11)15(20)23-10-7-5-9(6-8-10)19(21)22/h5-8,11-14,16,21H,1-4H3/q-1/t11-,12+,13+,14-,16-/m1/s1. The van der Waals surface area contributed by atoms with Crippen LogP contribution in [0.3, 0.4) is 0 Å². The van der Waals surface area contributed by atoms with E-state index in [4.69, 9.17) is 33.6 Å². The Labute approximate surface area is 161 Å². The Morgan fingerprint density at radius 3 is 2.21 bits per heavy atom. The minimum Gasteiger partial charge on any atom is -0.733 e. The second-order valence-corrected chi connectivity index (χ2v) is 7.78. The minimum atomic E-state index is -1.10. The largest absolute Gasteiger partial charge is 0.733 e. The van der Waals surface area contributed by atoms with E-state index in [2.05, 4.69) is 0 Å². The van der Waals surface area contributed by atoms with E-state index in [-0.39, 0.29) is 16.7 Å². The maximum atomic E-state index is 12.8. The van der Waals surface area contributed by atoms with Gasteiger partial charge in [0.2, 0.25) is 0 Å². The molecule has 1 N–H and O–H groups in total. The highest BCUT2D eigenvalue weighted by Gasteiger charge is 2.62. The van der Waals surface area contributed by atoms with E-state index in [0.29, 0.717) is 0 Å². The molecular weight excluding hydrogens is 374 g/mol. The fourth-order valence-electron chi connectivity index (χ4n) is 3.62. The maximum absolute atomic E-state index is 12.8. The van der Waals surface area contributed by atoms with Gasteiger partial charge in [-0.15, -0.1) is 0 Å². The van der Waals surface area contributed by atoms with Crippen molar-refractivity contribution in [2.24, 2.45) is 0 Å². The Morgan fingerprint density at radius 1 is 1.00 bits per heavy atom. The number of anilines is 1. The first-order chi connectivity index (χ1) is 13.0. The molecule has 0 spiro atoms. The zero-order valence-corrected chi connectivity index (χ0v) is 15.9. The van der Waals surface area contributed by atoms with Gasteiger partial charge in [0.05, 0.1) is 5.69 Å². The van der Waals surface area contributed by atoms with Crippen molar-refractivity contribution in [1.82, 2.24) is 0 Å². The van der Waals surface area contributed by atoms with Crippen LogP contribution in [0.25, 0.3) is 0 Å². The number of fused-ring (bicyclic) bond motifs is 3. The van der Waals surface area contributed by atoms with Crippen molar-refractivity contribution in [1.29, 1.82) is 0 Å². The van der Waals surface area contributed by atoms with E-state index in [9.17, 15) is 10.0 Å². The van der Waals surface area contributed by atoms with Crippen LogP contribution in [0, 0.1) is 5.21 Å². The van der Waals surface area contributed by atoms with Crippen LogP contribution in [-0.2, 0) is 28.5 Å². The van der Waals surface area contributed by atoms with Gasteiger partial charge in [-0.3, -0.25) is 5.21 Å². The zero-order chi connectivity index (χ0) is 20.3. The van der Waals surface area contributed by atoms with Crippen LogP contribution in [0.4, 0.5) is 5.69 Å². The first-order valence-electron chi connectivity index (χ1n) is 8.89. The predicted octanol–water partition coefficient (Wildman–Crippen LogP) is 1.68. The molecule has 5 atom stereocenters. The number of hydrogen-bond acceptors (Lipinski definition) is 10. The van der Waals surface area contributed by atoms with Crippen LogP contribution < -0.4 is 9.96 Å². The minimum absolute atomic E-state index is 0.00429. The van der Waals surface area contributed by atoms with E-state index in [1.807, 2.05) is 0 Å². The SMILES string of the molecule is CC1(C)O[C@H]2[C@@H](O1)[C@@H](C(=O)Oc1ccc(N([O-])O)cc1)O[C@@H]1OC(C)(C)O[C@@H]12. The molecule has 0 bridgehead atoms. The lowest BCUT2D eigenvalue weighted by molar-refractivity contribution is -0.236. The summed E-state index contributed by atoms with van der Waals surface area (Å²) in [6, 6.07) is 5.38. The lowest BCUT2D eigenvalue weighted by Crippen LogP contribution is -2.58. The van der Waals surface area contributed by atoms with Gasteiger partial charge in [0.1, 0.15) is 24.1 Å². The van der Waals surface area contributed by atoms with E-state index in [1.165, 1.54) is 24.3 Å². The molecule has 3 aliphatic rings. The van der Waals surface area contributed by atoms with Gasteiger partial charge >= 0.3 is 5.97 Å². The molecule has 0 saturated carbocycles. The summed E-state index contributed by atoms with van der Waals surface area (Å²) in [4.78, 5) is 12.8. The number of esters is 1. The highest BCUT2D eigenvalue weighted by atomic mass is 16.9. The molecule has 10 nitrogen and oxygen atoms in total. The lowest BCUT2D eigenvalue weighted by Gasteiger charge is -2.35. The molecule has 0 unspecified atom stereocenters. The van der Waals surface area contributed by atoms with Gasteiger partial charge in [-0.1, -0.05) is 0 Å². The summed E-state index contributed by atoms with van der Waals surface area (Å²) in [5.41, 5.74) is 0.00429. The van der Waals surface area contributed by atoms with Gasteiger partial charge in [-0.05, 0) is 52.0 Å². The lowest BCUT2D eigenvalue weighted by atomic mass is 9.99. The molecule has 0 aromatic heterocycles. The van der Waals surface area contributed by atoms with Crippen molar-refractivity contribution in [2.75, 3.05) is 5.23 Å². The predicted molar refractivity (Wildman–Crippen MR) is 92.2 cm³/mol. The Hall–Kier alpha value is -1.79. The first-order valence-corrected chi connectivity index (χ1v) is 8.89. The normalized spacial score (nSPS) is 35.1. The van der Waals surface area contributed by atoms with Crippen molar-refractivity contribution in [3.63, 3.8) is 0 Å². The van der Waals surface area contributed by atoms with E-state index in [0.717, 1.165) is 0 Å². The number of ether oxygens (including phenoxy) is 6. The van der Waals surface area contributed by atoms with Gasteiger partial charge in [-0.2, -0.15) is 0 Å². The summed E-state index contributed by atoms with van der Waals surface area (Å²) in [7, 11) is 0. The average molecular weight is 396 g/mol. The smallest absolute Gasteiger partial charge is 0.343 e. The van der Waals surface area contributed by atoms with Gasteiger partial charge in [0.25, 0.3) is 0 Å². The number of carbonyl (C=O) groups excluding carboxylic acids is 1. The number of rotatable bonds is 3. The Balaban J connectivity index is 1.53. The Kier molecular flexibility index (Phi) is 4.62. The summed E-state index contributed by atoms with van der Waals surface area (Å²) < 4.78 is 34.7. The highest BCUT2D eigenvalue weighted by molar-refractivity contribution is 5.78. The molecule has 3 aliphatic heterocycles. The molecule has 3 fully saturated rings. The summed E-state index contributed by atoms with van der Waals surface area (Å²) >= 11 is 0. The molecule has 154 valence electrons. The van der Waals surface area contributed by atoms with Crippen LogP contribution in [-0.4, -0.2) is 53.5 Å². The molecule has 0 amide bonds. The fraction of sp³-hybridized carbons (Fsp3) is 0.611. The third kappa shape index (κ3) is 3.60. The molecule has 1 aromatic carbocycles. The average Bonchev–Trinajstić information content (AvgIpc) is 3.08. The van der Waals surface area contributed by atoms with E-state index in [1.54, 1.807) is 27.7 Å². The first kappa shape index (κ1) is 19.5. The quantitative estimate of drug-likeness (QED) is 0.459. The highest BCUT2D eigenvalue weighted by Crippen LogP contribution is 2.44. The number of hydrogen-bond donors (Lipinski definition) is 1. The fourth-order valence-corrected chi connectivity index (χ4v) is 3.62. The molecule has 0 radical (unpaired) electrons.